The maximum absolute atomic E-state index is 12.8. The Labute approximate surface area is 188 Å². The minimum absolute atomic E-state index is 0.0308. The summed E-state index contributed by atoms with van der Waals surface area (Å²) in [6.07, 6.45) is 3.01. The molecule has 0 aliphatic rings. The van der Waals surface area contributed by atoms with Crippen LogP contribution < -0.4 is 19.5 Å². The molecule has 170 valence electrons. The Morgan fingerprint density at radius 2 is 1.84 bits per heavy atom. The lowest BCUT2D eigenvalue weighted by atomic mass is 10.1. The van der Waals surface area contributed by atoms with Crippen molar-refractivity contribution >= 4 is 33.0 Å². The molecule has 0 saturated heterocycles. The average Bonchev–Trinajstić information content (AvgIpc) is 2.69. The number of hydrogen-bond acceptors (Lipinski definition) is 6. The first kappa shape index (κ1) is 24.8. The smallest absolute Gasteiger partial charge is 0.255 e. The third-order valence-corrected chi connectivity index (χ3v) is 5.32. The van der Waals surface area contributed by atoms with Crippen molar-refractivity contribution in [3.05, 3.63) is 47.0 Å². The number of halogens is 1. The van der Waals surface area contributed by atoms with Crippen LogP contribution in [0.4, 0.5) is 5.69 Å². The average molecular weight is 470 g/mol. The summed E-state index contributed by atoms with van der Waals surface area (Å²) < 4.78 is 39.3. The van der Waals surface area contributed by atoms with E-state index >= 15 is 0 Å². The molecular weight excluding hydrogens is 442 g/mol. The first-order valence-electron chi connectivity index (χ1n) is 10.0. The van der Waals surface area contributed by atoms with Crippen LogP contribution in [0.15, 0.2) is 36.4 Å². The van der Waals surface area contributed by atoms with Crippen molar-refractivity contribution in [1.82, 2.24) is 0 Å². The molecule has 0 unspecified atom stereocenters. The van der Waals surface area contributed by atoms with Gasteiger partial charge in [-0.2, -0.15) is 0 Å². The number of ether oxygens (including phenoxy) is 3. The van der Waals surface area contributed by atoms with Gasteiger partial charge in [0, 0.05) is 23.6 Å². The van der Waals surface area contributed by atoms with Crippen LogP contribution in [-0.2, 0) is 9.84 Å². The van der Waals surface area contributed by atoms with Crippen LogP contribution in [0.25, 0.3) is 0 Å². The quantitative estimate of drug-likeness (QED) is 0.457. The number of amides is 1. The Bertz CT molecular complexity index is 993. The van der Waals surface area contributed by atoms with Crippen LogP contribution in [0.2, 0.25) is 5.02 Å². The first-order chi connectivity index (χ1) is 14.7. The molecule has 9 heteroatoms. The number of sulfone groups is 1. The highest BCUT2D eigenvalue weighted by Crippen LogP contribution is 2.37. The van der Waals surface area contributed by atoms with Crippen LogP contribution in [0.1, 0.15) is 37.0 Å². The standard InChI is InChI=1S/C22H28ClNO6S/c1-4-6-10-30-21-19(23)13-16(14-20(21)28-5-2)22(25)24-17-8-7-9-18(15-17)29-11-12-31(3,26)27/h7-9,13-15H,4-6,10-12H2,1-3H3,(H,24,25). The Kier molecular flexibility index (Phi) is 9.45. The summed E-state index contributed by atoms with van der Waals surface area (Å²) in [5, 5.41) is 3.08. The van der Waals surface area contributed by atoms with Crippen LogP contribution in [0.5, 0.6) is 17.2 Å². The molecule has 1 N–H and O–H groups in total. The van der Waals surface area contributed by atoms with Gasteiger partial charge in [-0.05, 0) is 37.6 Å². The van der Waals surface area contributed by atoms with Crippen molar-refractivity contribution in [2.75, 3.05) is 37.1 Å². The van der Waals surface area contributed by atoms with E-state index in [9.17, 15) is 13.2 Å². The number of benzene rings is 2. The van der Waals surface area contributed by atoms with Crippen LogP contribution in [0.3, 0.4) is 0 Å². The topological polar surface area (TPSA) is 90.9 Å². The highest BCUT2D eigenvalue weighted by Gasteiger charge is 2.17. The van der Waals surface area contributed by atoms with Gasteiger partial charge in [0.25, 0.3) is 5.91 Å². The van der Waals surface area contributed by atoms with Crippen molar-refractivity contribution in [3.8, 4) is 17.2 Å². The summed E-state index contributed by atoms with van der Waals surface area (Å²) in [7, 11) is -3.11. The molecule has 0 aliphatic heterocycles. The van der Waals surface area contributed by atoms with Gasteiger partial charge >= 0.3 is 0 Å². The van der Waals surface area contributed by atoms with Gasteiger partial charge in [-0.15, -0.1) is 0 Å². The normalized spacial score (nSPS) is 11.1. The summed E-state index contributed by atoms with van der Waals surface area (Å²) in [5.41, 5.74) is 0.818. The fourth-order valence-corrected chi connectivity index (χ4v) is 3.25. The Morgan fingerprint density at radius 1 is 1.06 bits per heavy atom. The molecule has 2 aromatic carbocycles. The minimum atomic E-state index is -3.11. The van der Waals surface area contributed by atoms with Crippen molar-refractivity contribution in [2.24, 2.45) is 0 Å². The number of hydrogen-bond donors (Lipinski definition) is 1. The molecule has 0 spiro atoms. The van der Waals surface area contributed by atoms with Gasteiger partial charge in [-0.1, -0.05) is 31.0 Å². The monoisotopic (exact) mass is 469 g/mol. The summed E-state index contributed by atoms with van der Waals surface area (Å²) in [6, 6.07) is 9.84. The van der Waals surface area contributed by atoms with Gasteiger partial charge in [0.15, 0.2) is 21.3 Å². The predicted molar refractivity (Wildman–Crippen MR) is 123 cm³/mol. The summed E-state index contributed by atoms with van der Waals surface area (Å²) >= 11 is 6.36. The maximum Gasteiger partial charge on any atom is 0.255 e. The lowest BCUT2D eigenvalue weighted by Crippen LogP contribution is -2.14. The number of rotatable bonds is 12. The third kappa shape index (κ3) is 8.30. The van der Waals surface area contributed by atoms with Gasteiger partial charge in [0.05, 0.1) is 24.0 Å². The Morgan fingerprint density at radius 3 is 2.52 bits per heavy atom. The fraction of sp³-hybridized carbons (Fsp3) is 0.409. The molecule has 0 aromatic heterocycles. The molecule has 0 fully saturated rings. The number of carbonyl (C=O) groups excluding carboxylic acids is 1. The van der Waals surface area contributed by atoms with E-state index in [1.54, 1.807) is 30.3 Å². The second kappa shape index (κ2) is 11.8. The van der Waals surface area contributed by atoms with E-state index in [2.05, 4.69) is 12.2 Å². The fourth-order valence-electron chi connectivity index (χ4n) is 2.60. The highest BCUT2D eigenvalue weighted by molar-refractivity contribution is 7.90. The number of carbonyl (C=O) groups is 1. The zero-order valence-electron chi connectivity index (χ0n) is 17.9. The number of anilines is 1. The molecule has 0 heterocycles. The van der Waals surface area contributed by atoms with Crippen LogP contribution >= 0.6 is 11.6 Å². The van der Waals surface area contributed by atoms with Gasteiger partial charge < -0.3 is 19.5 Å². The van der Waals surface area contributed by atoms with Crippen LogP contribution in [0, 0.1) is 0 Å². The summed E-state index contributed by atoms with van der Waals surface area (Å²) in [4.78, 5) is 12.8. The molecule has 0 saturated carbocycles. The molecule has 1 amide bonds. The molecule has 0 aliphatic carbocycles. The van der Waals surface area contributed by atoms with Gasteiger partial charge in [-0.25, -0.2) is 8.42 Å². The zero-order valence-corrected chi connectivity index (χ0v) is 19.5. The molecule has 2 rings (SSSR count). The van der Waals surface area contributed by atoms with E-state index in [-0.39, 0.29) is 18.3 Å². The van der Waals surface area contributed by atoms with E-state index in [0.29, 0.717) is 46.7 Å². The van der Waals surface area contributed by atoms with Crippen molar-refractivity contribution in [2.45, 2.75) is 26.7 Å². The molecule has 31 heavy (non-hydrogen) atoms. The summed E-state index contributed by atoms with van der Waals surface area (Å²) in [6.45, 7) is 4.84. The van der Waals surface area contributed by atoms with E-state index in [1.165, 1.54) is 6.07 Å². The van der Waals surface area contributed by atoms with E-state index in [0.717, 1.165) is 19.1 Å². The number of unbranched alkanes of at least 4 members (excludes halogenated alkanes) is 1. The lowest BCUT2D eigenvalue weighted by molar-refractivity contribution is 0.102. The molecule has 7 nitrogen and oxygen atoms in total. The van der Waals surface area contributed by atoms with E-state index in [1.807, 2.05) is 6.92 Å². The zero-order chi connectivity index (χ0) is 22.9. The molecule has 0 radical (unpaired) electrons. The maximum atomic E-state index is 12.8. The van der Waals surface area contributed by atoms with Crippen molar-refractivity contribution < 1.29 is 27.4 Å². The lowest BCUT2D eigenvalue weighted by Gasteiger charge is -2.15. The summed E-state index contributed by atoms with van der Waals surface area (Å²) in [5.74, 6) is 0.823. The van der Waals surface area contributed by atoms with Gasteiger partial charge in [0.1, 0.15) is 12.4 Å². The second-order valence-electron chi connectivity index (χ2n) is 6.88. The van der Waals surface area contributed by atoms with E-state index in [4.69, 9.17) is 25.8 Å². The van der Waals surface area contributed by atoms with Crippen LogP contribution in [-0.4, -0.2) is 46.2 Å². The Balaban J connectivity index is 2.13. The number of nitrogens with one attached hydrogen (secondary N) is 1. The van der Waals surface area contributed by atoms with Crippen molar-refractivity contribution in [3.63, 3.8) is 0 Å². The SMILES string of the molecule is CCCCOc1c(Cl)cc(C(=O)Nc2cccc(OCCS(C)(=O)=O)c2)cc1OCC. The highest BCUT2D eigenvalue weighted by atomic mass is 35.5. The predicted octanol–water partition coefficient (Wildman–Crippen LogP) is 4.59. The minimum Gasteiger partial charge on any atom is -0.492 e. The molecule has 2 aromatic rings. The molecule has 0 bridgehead atoms. The molecule has 0 atom stereocenters. The van der Waals surface area contributed by atoms with Gasteiger partial charge in [-0.3, -0.25) is 4.79 Å². The largest absolute Gasteiger partial charge is 0.492 e. The van der Waals surface area contributed by atoms with Gasteiger partial charge in [0.2, 0.25) is 0 Å². The van der Waals surface area contributed by atoms with Crippen molar-refractivity contribution in [1.29, 1.82) is 0 Å². The first-order valence-corrected chi connectivity index (χ1v) is 12.5. The Hall–Kier alpha value is -2.45. The second-order valence-corrected chi connectivity index (χ2v) is 9.55. The third-order valence-electron chi connectivity index (χ3n) is 4.13. The van der Waals surface area contributed by atoms with E-state index < -0.39 is 9.84 Å². The molecular formula is C22H28ClNO6S.